The first-order valence-electron chi connectivity index (χ1n) is 10.1. The van der Waals surface area contributed by atoms with Crippen molar-refractivity contribution in [2.45, 2.75) is 19.2 Å². The molecule has 0 saturated carbocycles. The van der Waals surface area contributed by atoms with Crippen molar-refractivity contribution in [2.24, 2.45) is 0 Å². The maximum absolute atomic E-state index is 11.0. The third-order valence-corrected chi connectivity index (χ3v) is 4.71. The van der Waals surface area contributed by atoms with Crippen molar-refractivity contribution in [1.82, 2.24) is 10.3 Å². The number of hydrogen-bond acceptors (Lipinski definition) is 6. The molecular weight excluding hydrogens is 390 g/mol. The number of anilines is 1. The Morgan fingerprint density at radius 2 is 1.81 bits per heavy atom. The van der Waals surface area contributed by atoms with Crippen LogP contribution in [-0.2, 0) is 22.5 Å². The Labute approximate surface area is 182 Å². The molecule has 1 unspecified atom stereocenters. The summed E-state index contributed by atoms with van der Waals surface area (Å²) in [6, 6.07) is 21.9. The lowest BCUT2D eigenvalue weighted by Gasteiger charge is -2.13. The molecule has 3 N–H and O–H groups in total. The molecule has 160 valence electrons. The summed E-state index contributed by atoms with van der Waals surface area (Å²) in [6.45, 7) is 1.14. The Kier molecular flexibility index (Phi) is 8.34. The van der Waals surface area contributed by atoms with E-state index in [2.05, 4.69) is 20.4 Å². The second kappa shape index (κ2) is 11.6. The fourth-order valence-corrected chi connectivity index (χ4v) is 3.00. The van der Waals surface area contributed by atoms with E-state index in [-0.39, 0.29) is 5.97 Å². The highest BCUT2D eigenvalue weighted by Crippen LogP contribution is 2.21. The van der Waals surface area contributed by atoms with Crippen molar-refractivity contribution in [2.75, 3.05) is 19.0 Å². The molecule has 0 aliphatic carbocycles. The number of ether oxygens (including phenoxy) is 1. The molecule has 1 aromatic heterocycles. The predicted octanol–water partition coefficient (Wildman–Crippen LogP) is 3.54. The van der Waals surface area contributed by atoms with E-state index in [9.17, 15) is 9.90 Å². The van der Waals surface area contributed by atoms with Gasteiger partial charge in [-0.1, -0.05) is 54.6 Å². The quantitative estimate of drug-likeness (QED) is 0.266. The molecule has 2 aromatic carbocycles. The summed E-state index contributed by atoms with van der Waals surface area (Å²) in [4.78, 5) is 15.5. The largest absolute Gasteiger partial charge is 0.466 e. The smallest absolute Gasteiger partial charge is 0.330 e. The van der Waals surface area contributed by atoms with E-state index < -0.39 is 6.23 Å². The van der Waals surface area contributed by atoms with Gasteiger partial charge in [0.05, 0.1) is 7.11 Å². The summed E-state index contributed by atoms with van der Waals surface area (Å²) in [7, 11) is 1.35. The zero-order valence-electron chi connectivity index (χ0n) is 17.5. The van der Waals surface area contributed by atoms with Gasteiger partial charge in [-0.15, -0.1) is 0 Å². The van der Waals surface area contributed by atoms with E-state index in [1.807, 2.05) is 72.9 Å². The highest BCUT2D eigenvalue weighted by atomic mass is 16.5. The number of hydrogen-bond donors (Lipinski definition) is 3. The molecule has 0 fully saturated rings. The minimum absolute atomic E-state index is 0.368. The van der Waals surface area contributed by atoms with Gasteiger partial charge in [-0.2, -0.15) is 0 Å². The van der Waals surface area contributed by atoms with Crippen LogP contribution in [0.25, 0.3) is 11.1 Å². The van der Waals surface area contributed by atoms with E-state index in [1.54, 1.807) is 6.08 Å². The van der Waals surface area contributed by atoms with Gasteiger partial charge >= 0.3 is 5.97 Å². The molecule has 6 heteroatoms. The predicted molar refractivity (Wildman–Crippen MR) is 122 cm³/mol. The average molecular weight is 418 g/mol. The monoisotopic (exact) mass is 417 g/mol. The summed E-state index contributed by atoms with van der Waals surface area (Å²) in [5, 5.41) is 16.5. The van der Waals surface area contributed by atoms with Crippen LogP contribution in [0.5, 0.6) is 0 Å². The van der Waals surface area contributed by atoms with Gasteiger partial charge in [-0.05, 0) is 29.3 Å². The first-order chi connectivity index (χ1) is 15.1. The summed E-state index contributed by atoms with van der Waals surface area (Å²) in [5.74, 6) is -0.368. The number of methoxy groups -OCH3 is 1. The van der Waals surface area contributed by atoms with Crippen LogP contribution in [-0.4, -0.2) is 35.9 Å². The van der Waals surface area contributed by atoms with Crippen molar-refractivity contribution < 1.29 is 14.6 Å². The van der Waals surface area contributed by atoms with Gasteiger partial charge in [0.2, 0.25) is 0 Å². The number of pyridine rings is 1. The number of carbonyl (C=O) groups is 1. The minimum atomic E-state index is -0.655. The minimum Gasteiger partial charge on any atom is -0.466 e. The number of aliphatic hydroxyl groups is 1. The number of rotatable bonds is 10. The van der Waals surface area contributed by atoms with Gasteiger partial charge in [0.1, 0.15) is 6.23 Å². The molecular formula is C25H27N3O3. The SMILES string of the molecule is COC(=O)/C=C/CNc1ccc(-c2ccc(CC(O)NCc3ccccc3)nc2)cc1. The topological polar surface area (TPSA) is 83.5 Å². The van der Waals surface area contributed by atoms with Crippen LogP contribution < -0.4 is 10.6 Å². The van der Waals surface area contributed by atoms with Gasteiger partial charge in [-0.3, -0.25) is 10.3 Å². The number of benzene rings is 2. The molecule has 0 saturated heterocycles. The third-order valence-electron chi connectivity index (χ3n) is 4.71. The maximum Gasteiger partial charge on any atom is 0.330 e. The summed E-state index contributed by atoms with van der Waals surface area (Å²) >= 11 is 0. The molecule has 3 aromatic rings. The number of aromatic nitrogens is 1. The Bertz CT molecular complexity index is 971. The number of carbonyl (C=O) groups excluding carboxylic acids is 1. The Morgan fingerprint density at radius 1 is 1.06 bits per heavy atom. The summed E-state index contributed by atoms with van der Waals surface area (Å²) < 4.78 is 4.55. The molecule has 0 amide bonds. The van der Waals surface area contributed by atoms with E-state index in [1.165, 1.54) is 13.2 Å². The number of aliphatic hydroxyl groups excluding tert-OH is 1. The number of esters is 1. The van der Waals surface area contributed by atoms with Crippen LogP contribution in [0.1, 0.15) is 11.3 Å². The Balaban J connectivity index is 1.49. The molecule has 3 rings (SSSR count). The molecule has 1 heterocycles. The lowest BCUT2D eigenvalue weighted by Crippen LogP contribution is -2.30. The van der Waals surface area contributed by atoms with Gasteiger partial charge in [0.25, 0.3) is 0 Å². The Morgan fingerprint density at radius 3 is 2.48 bits per heavy atom. The van der Waals surface area contributed by atoms with Gasteiger partial charge in [0, 0.05) is 48.7 Å². The van der Waals surface area contributed by atoms with Crippen LogP contribution in [0.15, 0.2) is 85.1 Å². The molecule has 31 heavy (non-hydrogen) atoms. The van der Waals surface area contributed by atoms with Crippen LogP contribution in [0, 0.1) is 0 Å². The van der Waals surface area contributed by atoms with Crippen molar-refractivity contribution in [3.63, 3.8) is 0 Å². The second-order valence-electron chi connectivity index (χ2n) is 7.01. The molecule has 6 nitrogen and oxygen atoms in total. The maximum atomic E-state index is 11.0. The lowest BCUT2D eigenvalue weighted by atomic mass is 10.1. The second-order valence-corrected chi connectivity index (χ2v) is 7.01. The van der Waals surface area contributed by atoms with Crippen LogP contribution in [0.3, 0.4) is 0 Å². The Hall–Kier alpha value is -3.48. The zero-order valence-corrected chi connectivity index (χ0v) is 17.5. The van der Waals surface area contributed by atoms with Crippen molar-refractivity contribution in [1.29, 1.82) is 0 Å². The summed E-state index contributed by atoms with van der Waals surface area (Å²) in [6.07, 6.45) is 4.71. The summed E-state index contributed by atoms with van der Waals surface area (Å²) in [5.41, 5.74) is 4.97. The van der Waals surface area contributed by atoms with Crippen molar-refractivity contribution in [3.05, 3.63) is 96.3 Å². The number of nitrogens with one attached hydrogen (secondary N) is 2. The molecule has 0 bridgehead atoms. The normalized spacial score (nSPS) is 11.9. The lowest BCUT2D eigenvalue weighted by molar-refractivity contribution is -0.134. The first-order valence-corrected chi connectivity index (χ1v) is 10.1. The molecule has 0 spiro atoms. The van der Waals surface area contributed by atoms with Gasteiger partial charge < -0.3 is 15.2 Å². The van der Waals surface area contributed by atoms with Crippen LogP contribution in [0.2, 0.25) is 0 Å². The van der Waals surface area contributed by atoms with Crippen LogP contribution >= 0.6 is 0 Å². The van der Waals surface area contributed by atoms with Gasteiger partial charge in [0.15, 0.2) is 0 Å². The van der Waals surface area contributed by atoms with E-state index in [4.69, 9.17) is 0 Å². The van der Waals surface area contributed by atoms with E-state index in [0.717, 1.165) is 28.1 Å². The van der Waals surface area contributed by atoms with E-state index >= 15 is 0 Å². The zero-order chi connectivity index (χ0) is 21.9. The van der Waals surface area contributed by atoms with Crippen molar-refractivity contribution in [3.8, 4) is 11.1 Å². The molecule has 0 aliphatic heterocycles. The van der Waals surface area contributed by atoms with Gasteiger partial charge in [-0.25, -0.2) is 4.79 Å². The fourth-order valence-electron chi connectivity index (χ4n) is 3.00. The molecule has 1 atom stereocenters. The number of nitrogens with zero attached hydrogens (tertiary/aromatic N) is 1. The average Bonchev–Trinajstić information content (AvgIpc) is 2.82. The highest BCUT2D eigenvalue weighted by Gasteiger charge is 2.07. The standard InChI is InChI=1S/C25H27N3O3/c1-31-25(30)8-5-15-26-22-12-9-20(10-13-22)21-11-14-23(27-18-21)16-24(29)28-17-19-6-3-2-4-7-19/h2-14,18,24,26,28-29H,15-17H2,1H3/b8-5+. The molecule has 0 radical (unpaired) electrons. The third kappa shape index (κ3) is 7.37. The van der Waals surface area contributed by atoms with E-state index in [0.29, 0.717) is 19.5 Å². The molecule has 0 aliphatic rings. The fraction of sp³-hybridized carbons (Fsp3) is 0.200. The first kappa shape index (κ1) is 22.2. The highest BCUT2D eigenvalue weighted by molar-refractivity contribution is 5.81. The van der Waals surface area contributed by atoms with Crippen molar-refractivity contribution >= 4 is 11.7 Å². The van der Waals surface area contributed by atoms with Crippen LogP contribution in [0.4, 0.5) is 5.69 Å².